The number of hydrogen-bond acceptors (Lipinski definition) is 11. The molecule has 13 nitrogen and oxygen atoms in total. The minimum atomic E-state index is -1.56. The number of rotatable bonds is 15. The molecule has 0 radical (unpaired) electrons. The van der Waals surface area contributed by atoms with Gasteiger partial charge in [0.2, 0.25) is 0 Å². The Bertz CT molecular complexity index is 1140. The molecule has 6 unspecified atom stereocenters. The lowest BCUT2D eigenvalue weighted by Gasteiger charge is -2.45. The van der Waals surface area contributed by atoms with Crippen LogP contribution >= 0.6 is 0 Å². The molecule has 2 N–H and O–H groups in total. The average molecular weight is 641 g/mol. The van der Waals surface area contributed by atoms with Gasteiger partial charge in [-0.2, -0.15) is 0 Å². The number of ether oxygens (including phenoxy) is 5. The molecular weight excluding hydrogens is 592 g/mol. The number of carbonyl (C=O) groups excluding carboxylic acids is 4. The fourth-order valence-corrected chi connectivity index (χ4v) is 5.16. The first-order valence-electron chi connectivity index (χ1n) is 14.7. The van der Waals surface area contributed by atoms with Gasteiger partial charge in [0.25, 0.3) is 0 Å². The standard InChI is InChI=1S/C32H48O13/c1-17(2)27(37)41-11-13-43-29(39)19-15-20(45-21(16-31(5,6)7)22(19)25(33)34)23(26(35)36)24(32(8,9)10)30(40)44-14-12-42-28(38)18(3)4/h19-24H,1,3,11-16H2,2,4-10H3,(H,33,34)(H,35,36). The van der Waals surface area contributed by atoms with Crippen LogP contribution in [0, 0.1) is 34.5 Å². The van der Waals surface area contributed by atoms with Gasteiger partial charge in [-0.3, -0.25) is 19.2 Å². The molecule has 1 heterocycles. The second kappa shape index (κ2) is 16.5. The fraction of sp³-hybridized carbons (Fsp3) is 0.688. The van der Waals surface area contributed by atoms with E-state index >= 15 is 0 Å². The number of carboxylic acids is 2. The van der Waals surface area contributed by atoms with Crippen LogP contribution in [0.25, 0.3) is 0 Å². The number of carboxylic acid groups (broad SMARTS) is 2. The summed E-state index contributed by atoms with van der Waals surface area (Å²) in [5.74, 6) is -11.5. The summed E-state index contributed by atoms with van der Waals surface area (Å²) in [4.78, 5) is 75.4. The molecular formula is C32H48O13. The van der Waals surface area contributed by atoms with Crippen LogP contribution in [0.1, 0.15) is 68.2 Å². The summed E-state index contributed by atoms with van der Waals surface area (Å²) in [5, 5.41) is 20.6. The van der Waals surface area contributed by atoms with Crippen LogP contribution in [-0.4, -0.2) is 84.7 Å². The van der Waals surface area contributed by atoms with E-state index < -0.39 is 82.5 Å². The van der Waals surface area contributed by atoms with Gasteiger partial charge in [-0.15, -0.1) is 0 Å². The molecule has 1 rings (SSSR count). The summed E-state index contributed by atoms with van der Waals surface area (Å²) in [7, 11) is 0. The van der Waals surface area contributed by atoms with Crippen LogP contribution < -0.4 is 0 Å². The van der Waals surface area contributed by atoms with Crippen molar-refractivity contribution >= 4 is 35.8 Å². The quantitative estimate of drug-likeness (QED) is 0.114. The zero-order valence-corrected chi connectivity index (χ0v) is 27.5. The lowest BCUT2D eigenvalue weighted by Crippen LogP contribution is -2.55. The molecule has 1 aliphatic rings. The average Bonchev–Trinajstić information content (AvgIpc) is 2.88. The minimum absolute atomic E-state index is 0.143. The molecule has 0 bridgehead atoms. The highest BCUT2D eigenvalue weighted by Crippen LogP contribution is 2.44. The molecule has 0 amide bonds. The van der Waals surface area contributed by atoms with Crippen molar-refractivity contribution < 1.29 is 62.7 Å². The highest BCUT2D eigenvalue weighted by Gasteiger charge is 2.55. The Morgan fingerprint density at radius 2 is 1.27 bits per heavy atom. The first-order valence-corrected chi connectivity index (χ1v) is 14.7. The lowest BCUT2D eigenvalue weighted by atomic mass is 9.67. The predicted molar refractivity (Wildman–Crippen MR) is 160 cm³/mol. The number of esters is 4. The second-order valence-electron chi connectivity index (χ2n) is 13.6. The third-order valence-electron chi connectivity index (χ3n) is 7.12. The maximum atomic E-state index is 13.4. The van der Waals surface area contributed by atoms with E-state index in [0.717, 1.165) is 0 Å². The van der Waals surface area contributed by atoms with Crippen LogP contribution in [-0.2, 0) is 52.5 Å². The zero-order valence-electron chi connectivity index (χ0n) is 27.5. The maximum absolute atomic E-state index is 13.4. The van der Waals surface area contributed by atoms with E-state index in [4.69, 9.17) is 23.7 Å². The topological polar surface area (TPSA) is 189 Å². The molecule has 1 saturated heterocycles. The molecule has 45 heavy (non-hydrogen) atoms. The van der Waals surface area contributed by atoms with Gasteiger partial charge in [-0.25, -0.2) is 9.59 Å². The minimum Gasteiger partial charge on any atom is -0.481 e. The lowest BCUT2D eigenvalue weighted by molar-refractivity contribution is -0.200. The molecule has 0 aromatic carbocycles. The van der Waals surface area contributed by atoms with Gasteiger partial charge < -0.3 is 33.9 Å². The number of hydrogen-bond donors (Lipinski definition) is 2. The molecule has 1 fully saturated rings. The SMILES string of the molecule is C=C(C)C(=O)OCCOC(=O)C1CC(C(C(=O)O)C(C(=O)OCCOC(=O)C(=C)C)C(C)(C)C)OC(CC(C)(C)C)C1C(=O)O. The van der Waals surface area contributed by atoms with E-state index in [2.05, 4.69) is 13.2 Å². The summed E-state index contributed by atoms with van der Waals surface area (Å²) in [6.07, 6.45) is -2.64. The van der Waals surface area contributed by atoms with Crippen LogP contribution in [0.4, 0.5) is 0 Å². The van der Waals surface area contributed by atoms with Crippen molar-refractivity contribution in [2.45, 2.75) is 80.4 Å². The van der Waals surface area contributed by atoms with Crippen molar-refractivity contribution in [2.75, 3.05) is 26.4 Å². The number of aliphatic carboxylic acids is 2. The Kier molecular flexibility index (Phi) is 14.4. The Labute approximate surface area is 264 Å². The third-order valence-corrected chi connectivity index (χ3v) is 7.12. The Hall–Kier alpha value is -3.74. The van der Waals surface area contributed by atoms with Gasteiger partial charge in [0.05, 0.1) is 35.9 Å². The predicted octanol–water partition coefficient (Wildman–Crippen LogP) is 3.59. The summed E-state index contributed by atoms with van der Waals surface area (Å²) in [6.45, 7) is 19.0. The van der Waals surface area contributed by atoms with E-state index in [9.17, 15) is 39.0 Å². The summed E-state index contributed by atoms with van der Waals surface area (Å²) >= 11 is 0. The van der Waals surface area contributed by atoms with Gasteiger partial charge >= 0.3 is 35.8 Å². The monoisotopic (exact) mass is 640 g/mol. The summed E-state index contributed by atoms with van der Waals surface area (Å²) in [5.41, 5.74) is -1.19. The molecule has 0 saturated carbocycles. The van der Waals surface area contributed by atoms with Gasteiger partial charge in [-0.05, 0) is 37.5 Å². The Morgan fingerprint density at radius 1 is 0.800 bits per heavy atom. The van der Waals surface area contributed by atoms with E-state index in [-0.39, 0.29) is 50.4 Å². The van der Waals surface area contributed by atoms with Crippen LogP contribution in [0.5, 0.6) is 0 Å². The zero-order chi connectivity index (χ0) is 34.9. The van der Waals surface area contributed by atoms with Crippen LogP contribution in [0.3, 0.4) is 0 Å². The maximum Gasteiger partial charge on any atom is 0.333 e. The van der Waals surface area contributed by atoms with Crippen molar-refractivity contribution in [2.24, 2.45) is 34.5 Å². The highest BCUT2D eigenvalue weighted by molar-refractivity contribution is 5.87. The van der Waals surface area contributed by atoms with E-state index in [1.807, 2.05) is 20.8 Å². The van der Waals surface area contributed by atoms with E-state index in [0.29, 0.717) is 0 Å². The van der Waals surface area contributed by atoms with Crippen molar-refractivity contribution in [3.63, 3.8) is 0 Å². The third kappa shape index (κ3) is 12.3. The summed E-state index contributed by atoms with van der Waals surface area (Å²) < 4.78 is 26.7. The second-order valence-corrected chi connectivity index (χ2v) is 13.6. The normalized spacial score (nSPS) is 21.4. The van der Waals surface area contributed by atoms with Crippen LogP contribution in [0.15, 0.2) is 24.3 Å². The fourth-order valence-electron chi connectivity index (χ4n) is 5.16. The largest absolute Gasteiger partial charge is 0.481 e. The molecule has 6 atom stereocenters. The Morgan fingerprint density at radius 3 is 1.67 bits per heavy atom. The van der Waals surface area contributed by atoms with Gasteiger partial charge in [0.1, 0.15) is 26.4 Å². The van der Waals surface area contributed by atoms with E-state index in [1.54, 1.807) is 20.8 Å². The first-order chi connectivity index (χ1) is 20.6. The van der Waals surface area contributed by atoms with Gasteiger partial charge in [-0.1, -0.05) is 54.7 Å². The van der Waals surface area contributed by atoms with Crippen molar-refractivity contribution in [3.05, 3.63) is 24.3 Å². The summed E-state index contributed by atoms with van der Waals surface area (Å²) in [6, 6.07) is 0. The molecule has 0 aromatic rings. The molecule has 0 aromatic heterocycles. The van der Waals surface area contributed by atoms with Gasteiger partial charge in [0, 0.05) is 11.1 Å². The molecule has 1 aliphatic heterocycles. The molecule has 13 heteroatoms. The smallest absolute Gasteiger partial charge is 0.333 e. The van der Waals surface area contributed by atoms with Crippen molar-refractivity contribution in [3.8, 4) is 0 Å². The van der Waals surface area contributed by atoms with Gasteiger partial charge in [0.15, 0.2) is 0 Å². The Balaban J connectivity index is 3.41. The van der Waals surface area contributed by atoms with Crippen molar-refractivity contribution in [1.29, 1.82) is 0 Å². The number of carbonyl (C=O) groups is 6. The van der Waals surface area contributed by atoms with Crippen LogP contribution in [0.2, 0.25) is 0 Å². The van der Waals surface area contributed by atoms with Crippen molar-refractivity contribution in [1.82, 2.24) is 0 Å². The first kappa shape index (κ1) is 39.3. The highest BCUT2D eigenvalue weighted by atomic mass is 16.6. The molecule has 0 spiro atoms. The molecule has 254 valence electrons. The van der Waals surface area contributed by atoms with E-state index in [1.165, 1.54) is 13.8 Å². The molecule has 0 aliphatic carbocycles.